The molecule has 0 aliphatic rings. The van der Waals surface area contributed by atoms with Gasteiger partial charge < -0.3 is 10.6 Å². The van der Waals surface area contributed by atoms with E-state index in [0.29, 0.717) is 0 Å². The van der Waals surface area contributed by atoms with Gasteiger partial charge in [-0.2, -0.15) is 0 Å². The van der Waals surface area contributed by atoms with Crippen LogP contribution in [0.3, 0.4) is 0 Å². The first kappa shape index (κ1) is 16.4. The first-order chi connectivity index (χ1) is 9.24. The van der Waals surface area contributed by atoms with E-state index >= 15 is 0 Å². The number of nitrogens with one attached hydrogen (secondary N) is 2. The summed E-state index contributed by atoms with van der Waals surface area (Å²) in [5, 5.41) is 7.81. The first-order valence-corrected chi connectivity index (χ1v) is 8.43. The van der Waals surface area contributed by atoms with Crippen molar-refractivity contribution in [3.63, 3.8) is 0 Å². The second kappa shape index (κ2) is 9.32. The van der Waals surface area contributed by atoms with E-state index in [1.807, 2.05) is 7.05 Å². The second-order valence-corrected chi connectivity index (χ2v) is 6.13. The number of hydrogen-bond acceptors (Lipinski definition) is 4. The fourth-order valence-corrected chi connectivity index (χ4v) is 3.47. The van der Waals surface area contributed by atoms with Crippen molar-refractivity contribution in [2.75, 3.05) is 18.9 Å². The minimum absolute atomic E-state index is 0.861. The van der Waals surface area contributed by atoms with Crippen molar-refractivity contribution >= 4 is 16.5 Å². The van der Waals surface area contributed by atoms with Crippen LogP contribution in [0.5, 0.6) is 0 Å². The average molecular weight is 283 g/mol. The van der Waals surface area contributed by atoms with Gasteiger partial charge in [0.25, 0.3) is 0 Å². The Hall–Kier alpha value is -0.610. The maximum absolute atomic E-state index is 4.68. The average Bonchev–Trinajstić information content (AvgIpc) is 2.80. The van der Waals surface area contributed by atoms with Crippen molar-refractivity contribution in [1.82, 2.24) is 10.3 Å². The lowest BCUT2D eigenvalue weighted by Crippen LogP contribution is -2.08. The molecule has 0 aromatic carbocycles. The lowest BCUT2D eigenvalue weighted by molar-refractivity contribution is 0.443. The molecule has 0 saturated heterocycles. The van der Waals surface area contributed by atoms with E-state index < -0.39 is 0 Å². The number of anilines is 1. The summed E-state index contributed by atoms with van der Waals surface area (Å²) in [6.07, 6.45) is 6.21. The summed E-state index contributed by atoms with van der Waals surface area (Å²) in [5.74, 6) is 0.861. The Kier molecular flexibility index (Phi) is 8.07. The number of rotatable bonds is 10. The van der Waals surface area contributed by atoms with Gasteiger partial charge in [-0.1, -0.05) is 40.0 Å². The van der Waals surface area contributed by atoms with Crippen molar-refractivity contribution in [2.45, 2.75) is 59.4 Å². The molecule has 3 nitrogen and oxygen atoms in total. The molecule has 0 amide bonds. The molecular formula is C15H29N3S. The van der Waals surface area contributed by atoms with Gasteiger partial charge in [-0.15, -0.1) is 11.3 Å². The molecule has 0 spiro atoms. The van der Waals surface area contributed by atoms with Gasteiger partial charge in [0, 0.05) is 18.0 Å². The normalized spacial score (nSPS) is 12.6. The molecule has 110 valence electrons. The SMILES string of the molecule is CCCC(CC)CCNc1nc(CC)c(CNC)s1. The summed E-state index contributed by atoms with van der Waals surface area (Å²) in [7, 11) is 1.99. The Morgan fingerprint density at radius 1 is 1.21 bits per heavy atom. The Morgan fingerprint density at radius 3 is 2.58 bits per heavy atom. The number of nitrogens with zero attached hydrogens (tertiary/aromatic N) is 1. The van der Waals surface area contributed by atoms with Crippen LogP contribution in [-0.4, -0.2) is 18.6 Å². The van der Waals surface area contributed by atoms with Crippen molar-refractivity contribution < 1.29 is 0 Å². The molecule has 1 unspecified atom stereocenters. The van der Waals surface area contributed by atoms with Gasteiger partial charge in [-0.25, -0.2) is 4.98 Å². The maximum Gasteiger partial charge on any atom is 0.183 e. The van der Waals surface area contributed by atoms with Gasteiger partial charge in [0.1, 0.15) is 0 Å². The van der Waals surface area contributed by atoms with Crippen LogP contribution in [0.15, 0.2) is 0 Å². The van der Waals surface area contributed by atoms with Crippen LogP contribution >= 0.6 is 11.3 Å². The molecular weight excluding hydrogens is 254 g/mol. The highest BCUT2D eigenvalue weighted by atomic mass is 32.1. The van der Waals surface area contributed by atoms with Gasteiger partial charge in [0.2, 0.25) is 0 Å². The van der Waals surface area contributed by atoms with E-state index in [1.165, 1.54) is 36.3 Å². The van der Waals surface area contributed by atoms with Crippen LogP contribution in [0.1, 0.15) is 57.0 Å². The van der Waals surface area contributed by atoms with Gasteiger partial charge >= 0.3 is 0 Å². The lowest BCUT2D eigenvalue weighted by atomic mass is 9.97. The molecule has 1 atom stereocenters. The molecule has 0 aliphatic heterocycles. The van der Waals surface area contributed by atoms with E-state index in [0.717, 1.165) is 30.6 Å². The van der Waals surface area contributed by atoms with Gasteiger partial charge in [-0.05, 0) is 25.8 Å². The van der Waals surface area contributed by atoms with Crippen molar-refractivity contribution in [3.05, 3.63) is 10.6 Å². The molecule has 1 aromatic rings. The summed E-state index contributed by atoms with van der Waals surface area (Å²) < 4.78 is 0. The maximum atomic E-state index is 4.68. The predicted molar refractivity (Wildman–Crippen MR) is 86.1 cm³/mol. The second-order valence-electron chi connectivity index (χ2n) is 5.05. The zero-order valence-electron chi connectivity index (χ0n) is 12.9. The third kappa shape index (κ3) is 5.49. The monoisotopic (exact) mass is 283 g/mol. The summed E-state index contributed by atoms with van der Waals surface area (Å²) in [4.78, 5) is 6.05. The Labute approximate surface area is 122 Å². The van der Waals surface area contributed by atoms with E-state index in [2.05, 4.69) is 36.4 Å². The van der Waals surface area contributed by atoms with Crippen LogP contribution in [0.25, 0.3) is 0 Å². The molecule has 1 aromatic heterocycles. The van der Waals surface area contributed by atoms with Crippen LogP contribution in [0.2, 0.25) is 0 Å². The lowest BCUT2D eigenvalue weighted by Gasteiger charge is -2.13. The molecule has 0 fully saturated rings. The highest BCUT2D eigenvalue weighted by molar-refractivity contribution is 7.15. The standard InChI is InChI=1S/C15H29N3S/c1-5-8-12(6-2)9-10-17-15-18-13(7-3)14(19-15)11-16-4/h12,16H,5-11H2,1-4H3,(H,17,18). The quantitative estimate of drug-likeness (QED) is 0.680. The zero-order chi connectivity index (χ0) is 14.1. The highest BCUT2D eigenvalue weighted by Crippen LogP contribution is 2.24. The fraction of sp³-hybridized carbons (Fsp3) is 0.800. The van der Waals surface area contributed by atoms with Crippen molar-refractivity contribution in [3.8, 4) is 0 Å². The largest absolute Gasteiger partial charge is 0.361 e. The molecule has 1 heterocycles. The van der Waals surface area contributed by atoms with Crippen LogP contribution < -0.4 is 10.6 Å². The van der Waals surface area contributed by atoms with Crippen LogP contribution in [-0.2, 0) is 13.0 Å². The number of hydrogen-bond donors (Lipinski definition) is 2. The Bertz CT molecular complexity index is 349. The van der Waals surface area contributed by atoms with Crippen LogP contribution in [0.4, 0.5) is 5.13 Å². The Morgan fingerprint density at radius 2 is 2.00 bits per heavy atom. The molecule has 0 saturated carbocycles. The summed E-state index contributed by atoms with van der Waals surface area (Å²) in [6.45, 7) is 8.72. The van der Waals surface area contributed by atoms with Gasteiger partial charge in [-0.3, -0.25) is 0 Å². The smallest absolute Gasteiger partial charge is 0.183 e. The zero-order valence-corrected chi connectivity index (χ0v) is 13.7. The van der Waals surface area contributed by atoms with Gasteiger partial charge in [0.15, 0.2) is 5.13 Å². The third-order valence-electron chi connectivity index (χ3n) is 3.55. The predicted octanol–water partition coefficient (Wildman–Crippen LogP) is 4.05. The van der Waals surface area contributed by atoms with Crippen molar-refractivity contribution in [1.29, 1.82) is 0 Å². The fourth-order valence-electron chi connectivity index (χ4n) is 2.38. The third-order valence-corrected chi connectivity index (χ3v) is 4.61. The summed E-state index contributed by atoms with van der Waals surface area (Å²) in [6, 6.07) is 0. The van der Waals surface area contributed by atoms with E-state index in [4.69, 9.17) is 0 Å². The highest BCUT2D eigenvalue weighted by Gasteiger charge is 2.09. The number of aryl methyl sites for hydroxylation is 1. The van der Waals surface area contributed by atoms with E-state index in [9.17, 15) is 0 Å². The summed E-state index contributed by atoms with van der Waals surface area (Å²) >= 11 is 1.80. The Balaban J connectivity index is 2.44. The van der Waals surface area contributed by atoms with Gasteiger partial charge in [0.05, 0.1) is 5.69 Å². The molecule has 0 aliphatic carbocycles. The minimum Gasteiger partial charge on any atom is -0.361 e. The molecule has 0 radical (unpaired) electrons. The van der Waals surface area contributed by atoms with E-state index in [-0.39, 0.29) is 0 Å². The molecule has 0 bridgehead atoms. The molecule has 1 rings (SSSR count). The topological polar surface area (TPSA) is 37.0 Å². The van der Waals surface area contributed by atoms with Crippen LogP contribution in [0, 0.1) is 5.92 Å². The number of thiazole rings is 1. The van der Waals surface area contributed by atoms with Crippen molar-refractivity contribution in [2.24, 2.45) is 5.92 Å². The minimum atomic E-state index is 0.861. The number of aromatic nitrogens is 1. The molecule has 19 heavy (non-hydrogen) atoms. The first-order valence-electron chi connectivity index (χ1n) is 7.62. The molecule has 4 heteroatoms. The summed E-state index contributed by atoms with van der Waals surface area (Å²) in [5.41, 5.74) is 1.24. The van der Waals surface area contributed by atoms with E-state index in [1.54, 1.807) is 11.3 Å². The molecule has 2 N–H and O–H groups in total.